The highest BCUT2D eigenvalue weighted by atomic mass is 32.1. The zero-order chi connectivity index (χ0) is 23.2. The van der Waals surface area contributed by atoms with E-state index in [0.29, 0.717) is 34.6 Å². The maximum atomic E-state index is 14.2. The molecule has 1 aromatic carbocycles. The van der Waals surface area contributed by atoms with E-state index in [4.69, 9.17) is 5.73 Å². The molecule has 1 saturated carbocycles. The number of nitrogens with one attached hydrogen (secondary N) is 1. The molecular formula is C23H20F3N5OS. The molecule has 6 nitrogen and oxygen atoms in total. The van der Waals surface area contributed by atoms with Crippen molar-refractivity contribution in [2.45, 2.75) is 37.3 Å². The highest BCUT2D eigenvalue weighted by Gasteiger charge is 2.46. The molecule has 2 unspecified atom stereocenters. The van der Waals surface area contributed by atoms with Crippen molar-refractivity contribution in [2.24, 2.45) is 5.73 Å². The molecule has 4 aromatic rings. The number of nitrogens with two attached hydrogens (primary N) is 1. The Hall–Kier alpha value is -3.24. The molecule has 3 aromatic heterocycles. The third kappa shape index (κ3) is 4.11. The van der Waals surface area contributed by atoms with Crippen LogP contribution in [0.25, 0.3) is 28.0 Å². The lowest BCUT2D eigenvalue weighted by atomic mass is 9.87. The average molecular weight is 472 g/mol. The molecule has 170 valence electrons. The van der Waals surface area contributed by atoms with Crippen molar-refractivity contribution in [3.05, 3.63) is 64.9 Å². The number of aromatic nitrogens is 3. The molecule has 2 atom stereocenters. The number of carbonyl (C=O) groups excluding carboxylic acids is 1. The Balaban J connectivity index is 1.38. The van der Waals surface area contributed by atoms with Crippen molar-refractivity contribution in [3.8, 4) is 22.4 Å². The highest BCUT2D eigenvalue weighted by molar-refractivity contribution is 7.12. The van der Waals surface area contributed by atoms with Crippen molar-refractivity contribution in [1.29, 1.82) is 0 Å². The Morgan fingerprint density at radius 1 is 1.15 bits per heavy atom. The van der Waals surface area contributed by atoms with E-state index < -0.39 is 23.9 Å². The van der Waals surface area contributed by atoms with Crippen LogP contribution in [0.5, 0.6) is 0 Å². The minimum absolute atomic E-state index is 0.283. The van der Waals surface area contributed by atoms with E-state index >= 15 is 0 Å². The van der Waals surface area contributed by atoms with E-state index in [1.807, 2.05) is 6.07 Å². The van der Waals surface area contributed by atoms with Crippen molar-refractivity contribution in [2.75, 3.05) is 0 Å². The summed E-state index contributed by atoms with van der Waals surface area (Å²) in [6.07, 6.45) is 3.79. The smallest absolute Gasteiger partial charge is 0.269 e. The van der Waals surface area contributed by atoms with Crippen LogP contribution >= 0.6 is 11.3 Å². The molecular weight excluding hydrogens is 451 g/mol. The molecule has 10 heteroatoms. The number of hydrogen-bond acceptors (Lipinski definition) is 5. The molecule has 0 bridgehead atoms. The molecule has 1 aliphatic rings. The number of rotatable bonds is 4. The first kappa shape index (κ1) is 21.6. The van der Waals surface area contributed by atoms with Crippen LogP contribution in [-0.2, 0) is 0 Å². The summed E-state index contributed by atoms with van der Waals surface area (Å²) in [5, 5.41) is 8.63. The minimum atomic E-state index is -3.03. The Bertz CT molecular complexity index is 1320. The molecule has 0 saturated heterocycles. The van der Waals surface area contributed by atoms with Crippen LogP contribution < -0.4 is 11.1 Å². The van der Waals surface area contributed by atoms with Crippen molar-refractivity contribution in [3.63, 3.8) is 0 Å². The Labute approximate surface area is 191 Å². The largest absolute Gasteiger partial charge is 0.341 e. The van der Waals surface area contributed by atoms with Gasteiger partial charge in [0.25, 0.3) is 11.8 Å². The molecule has 1 aliphatic carbocycles. The van der Waals surface area contributed by atoms with E-state index in [0.717, 1.165) is 22.5 Å². The van der Waals surface area contributed by atoms with E-state index in [1.54, 1.807) is 40.5 Å². The molecule has 5 rings (SSSR count). The summed E-state index contributed by atoms with van der Waals surface area (Å²) in [5.74, 6) is -3.92. The molecule has 1 amide bonds. The van der Waals surface area contributed by atoms with Crippen LogP contribution in [0.15, 0.2) is 54.2 Å². The van der Waals surface area contributed by atoms with Gasteiger partial charge in [0.15, 0.2) is 5.65 Å². The highest BCUT2D eigenvalue weighted by Crippen LogP contribution is 2.34. The van der Waals surface area contributed by atoms with Gasteiger partial charge in [-0.05, 0) is 42.7 Å². The topological polar surface area (TPSA) is 85.3 Å². The van der Waals surface area contributed by atoms with Gasteiger partial charge in [-0.15, -0.1) is 11.3 Å². The van der Waals surface area contributed by atoms with Crippen molar-refractivity contribution in [1.82, 2.24) is 19.9 Å². The maximum absolute atomic E-state index is 14.2. The summed E-state index contributed by atoms with van der Waals surface area (Å²) in [7, 11) is 0. The summed E-state index contributed by atoms with van der Waals surface area (Å²) in [6.45, 7) is 0. The summed E-state index contributed by atoms with van der Waals surface area (Å²) >= 11 is 1.15. The van der Waals surface area contributed by atoms with Gasteiger partial charge >= 0.3 is 0 Å². The zero-order valence-electron chi connectivity index (χ0n) is 17.3. The third-order valence-electron chi connectivity index (χ3n) is 5.88. The SMILES string of the molecule is NC1CCCC(F)(F)C1NC(=O)c1cc(-c2cnc3cc(-c4ccc(F)cc4)cnn23)cs1. The van der Waals surface area contributed by atoms with Gasteiger partial charge in [-0.3, -0.25) is 4.79 Å². The Morgan fingerprint density at radius 2 is 1.94 bits per heavy atom. The van der Waals surface area contributed by atoms with Gasteiger partial charge in [-0.2, -0.15) is 5.10 Å². The van der Waals surface area contributed by atoms with Gasteiger partial charge in [0.1, 0.15) is 11.9 Å². The number of benzene rings is 1. The fraction of sp³-hybridized carbons (Fsp3) is 0.261. The van der Waals surface area contributed by atoms with Crippen LogP contribution in [0.3, 0.4) is 0 Å². The van der Waals surface area contributed by atoms with Gasteiger partial charge in [0.05, 0.1) is 23.0 Å². The number of fused-ring (bicyclic) bond motifs is 1. The zero-order valence-corrected chi connectivity index (χ0v) is 18.2. The third-order valence-corrected chi connectivity index (χ3v) is 6.80. The number of imidazole rings is 1. The molecule has 33 heavy (non-hydrogen) atoms. The summed E-state index contributed by atoms with van der Waals surface area (Å²) in [6, 6.07) is 7.38. The lowest BCUT2D eigenvalue weighted by Gasteiger charge is -2.36. The standard InChI is InChI=1S/C23H20F3N5OS/c24-16-5-3-13(4-6-16)14-9-20-28-11-18(31(20)29-10-14)15-8-19(33-12-15)22(32)30-21-17(27)2-1-7-23(21,25)26/h3-6,8-12,17,21H,1-2,7,27H2,(H,30,32). The van der Waals surface area contributed by atoms with Gasteiger partial charge in [0, 0.05) is 29.0 Å². The number of nitrogens with zero attached hydrogens (tertiary/aromatic N) is 3. The van der Waals surface area contributed by atoms with Crippen LogP contribution in [0.4, 0.5) is 13.2 Å². The number of carbonyl (C=O) groups is 1. The first-order valence-electron chi connectivity index (χ1n) is 10.4. The first-order valence-corrected chi connectivity index (χ1v) is 11.3. The molecule has 3 heterocycles. The second kappa shape index (κ2) is 8.27. The molecule has 0 spiro atoms. The van der Waals surface area contributed by atoms with Gasteiger partial charge in [-0.1, -0.05) is 12.1 Å². The predicted octanol–water partition coefficient (Wildman–Crippen LogP) is 4.51. The van der Waals surface area contributed by atoms with Gasteiger partial charge in [-0.25, -0.2) is 22.7 Å². The second-order valence-corrected chi connectivity index (χ2v) is 9.04. The van der Waals surface area contributed by atoms with Crippen LogP contribution in [0.1, 0.15) is 28.9 Å². The van der Waals surface area contributed by atoms with Gasteiger partial charge in [0.2, 0.25) is 0 Å². The maximum Gasteiger partial charge on any atom is 0.269 e. The number of hydrogen-bond donors (Lipinski definition) is 2. The molecule has 1 fully saturated rings. The number of thiophene rings is 1. The molecule has 0 aliphatic heterocycles. The van der Waals surface area contributed by atoms with E-state index in [9.17, 15) is 18.0 Å². The van der Waals surface area contributed by atoms with Crippen molar-refractivity contribution < 1.29 is 18.0 Å². The quantitative estimate of drug-likeness (QED) is 0.459. The Kier molecular flexibility index (Phi) is 5.41. The first-order chi connectivity index (χ1) is 15.8. The van der Waals surface area contributed by atoms with E-state index in [1.165, 1.54) is 12.1 Å². The summed E-state index contributed by atoms with van der Waals surface area (Å²) < 4.78 is 43.3. The van der Waals surface area contributed by atoms with Gasteiger partial charge < -0.3 is 11.1 Å². The number of amides is 1. The average Bonchev–Trinajstić information content (AvgIpc) is 3.43. The predicted molar refractivity (Wildman–Crippen MR) is 120 cm³/mol. The second-order valence-electron chi connectivity index (χ2n) is 8.13. The summed E-state index contributed by atoms with van der Waals surface area (Å²) in [5.41, 5.74) is 9.39. The fourth-order valence-corrected chi connectivity index (χ4v) is 4.90. The molecule has 3 N–H and O–H groups in total. The Morgan fingerprint density at radius 3 is 2.70 bits per heavy atom. The van der Waals surface area contributed by atoms with Crippen LogP contribution in [0.2, 0.25) is 0 Å². The van der Waals surface area contributed by atoms with Crippen LogP contribution in [0, 0.1) is 5.82 Å². The molecule has 0 radical (unpaired) electrons. The van der Waals surface area contributed by atoms with Crippen molar-refractivity contribution >= 4 is 22.9 Å². The summed E-state index contributed by atoms with van der Waals surface area (Å²) in [4.78, 5) is 17.4. The van der Waals surface area contributed by atoms with E-state index in [2.05, 4.69) is 15.4 Å². The number of halogens is 3. The minimum Gasteiger partial charge on any atom is -0.341 e. The fourth-order valence-electron chi connectivity index (χ4n) is 4.10. The normalized spacial score (nSPS) is 20.1. The lowest BCUT2D eigenvalue weighted by Crippen LogP contribution is -2.59. The van der Waals surface area contributed by atoms with Crippen LogP contribution in [-0.4, -0.2) is 38.5 Å². The van der Waals surface area contributed by atoms with E-state index in [-0.39, 0.29) is 12.2 Å². The number of alkyl halides is 2. The lowest BCUT2D eigenvalue weighted by molar-refractivity contribution is -0.0674. The monoisotopic (exact) mass is 471 g/mol.